The van der Waals surface area contributed by atoms with Gasteiger partial charge in [0.15, 0.2) is 11.6 Å². The van der Waals surface area contributed by atoms with Crippen molar-refractivity contribution in [3.05, 3.63) is 30.9 Å². The van der Waals surface area contributed by atoms with E-state index in [0.717, 1.165) is 24.6 Å². The van der Waals surface area contributed by atoms with E-state index < -0.39 is 0 Å². The van der Waals surface area contributed by atoms with Gasteiger partial charge in [-0.25, -0.2) is 9.97 Å². The Labute approximate surface area is 111 Å². The van der Waals surface area contributed by atoms with Crippen LogP contribution in [0.2, 0.25) is 0 Å². The van der Waals surface area contributed by atoms with Crippen LogP contribution in [0.15, 0.2) is 30.9 Å². The number of hydrogen-bond acceptors (Lipinski definition) is 6. The number of hydrogen-bond donors (Lipinski definition) is 2. The van der Waals surface area contributed by atoms with Gasteiger partial charge in [0.25, 0.3) is 0 Å². The molecule has 2 aromatic heterocycles. The van der Waals surface area contributed by atoms with Crippen molar-refractivity contribution in [1.82, 2.24) is 15.0 Å². The third kappa shape index (κ3) is 2.42. The summed E-state index contributed by atoms with van der Waals surface area (Å²) in [7, 11) is 0. The van der Waals surface area contributed by atoms with Crippen LogP contribution < -0.4 is 16.0 Å². The van der Waals surface area contributed by atoms with E-state index in [1.165, 1.54) is 12.8 Å². The van der Waals surface area contributed by atoms with Crippen LogP contribution in [0, 0.1) is 0 Å². The standard InChI is InChI=1S/C13H16N6/c14-11-12(18-10-4-3-5-15-8-10)16-9-17-13(11)19-6-1-2-7-19/h3-5,8-9H,1-2,6-7,14H2,(H,16,17,18). The Hall–Kier alpha value is -2.37. The first-order valence-corrected chi connectivity index (χ1v) is 6.37. The molecule has 6 nitrogen and oxygen atoms in total. The molecule has 0 unspecified atom stereocenters. The first kappa shape index (κ1) is 11.7. The number of nitrogens with one attached hydrogen (secondary N) is 1. The minimum atomic E-state index is 0.591. The number of aromatic nitrogens is 3. The van der Waals surface area contributed by atoms with Crippen molar-refractivity contribution in [2.45, 2.75) is 12.8 Å². The fourth-order valence-electron chi connectivity index (χ4n) is 2.24. The zero-order valence-corrected chi connectivity index (χ0v) is 10.6. The lowest BCUT2D eigenvalue weighted by Crippen LogP contribution is -2.21. The Bertz CT molecular complexity index is 550. The van der Waals surface area contributed by atoms with Gasteiger partial charge < -0.3 is 16.0 Å². The van der Waals surface area contributed by atoms with Gasteiger partial charge in [-0.05, 0) is 25.0 Å². The Morgan fingerprint density at radius 1 is 1.21 bits per heavy atom. The van der Waals surface area contributed by atoms with Crippen molar-refractivity contribution in [1.29, 1.82) is 0 Å². The number of nitrogens with zero attached hydrogens (tertiary/aromatic N) is 4. The molecule has 0 bridgehead atoms. The van der Waals surface area contributed by atoms with Crippen molar-refractivity contribution in [3.8, 4) is 0 Å². The molecule has 1 aliphatic rings. The van der Waals surface area contributed by atoms with Crippen molar-refractivity contribution < 1.29 is 0 Å². The maximum Gasteiger partial charge on any atom is 0.159 e. The minimum absolute atomic E-state index is 0.591. The van der Waals surface area contributed by atoms with Gasteiger partial charge in [-0.1, -0.05) is 0 Å². The third-order valence-electron chi connectivity index (χ3n) is 3.19. The molecule has 0 spiro atoms. The lowest BCUT2D eigenvalue weighted by atomic mass is 10.3. The Morgan fingerprint density at radius 3 is 2.79 bits per heavy atom. The zero-order chi connectivity index (χ0) is 13.1. The van der Waals surface area contributed by atoms with Crippen LogP contribution in [0.4, 0.5) is 23.0 Å². The maximum atomic E-state index is 6.16. The van der Waals surface area contributed by atoms with Gasteiger partial charge in [-0.2, -0.15) is 0 Å². The number of pyridine rings is 1. The minimum Gasteiger partial charge on any atom is -0.393 e. The predicted octanol–water partition coefficient (Wildman–Crippen LogP) is 1.80. The summed E-state index contributed by atoms with van der Waals surface area (Å²) < 4.78 is 0. The fraction of sp³-hybridized carbons (Fsp3) is 0.308. The summed E-state index contributed by atoms with van der Waals surface area (Å²) in [6.07, 6.45) is 7.38. The summed E-state index contributed by atoms with van der Waals surface area (Å²) in [5, 5.41) is 3.17. The Balaban J connectivity index is 1.88. The molecule has 98 valence electrons. The second-order valence-corrected chi connectivity index (χ2v) is 4.52. The van der Waals surface area contributed by atoms with Crippen molar-refractivity contribution in [3.63, 3.8) is 0 Å². The zero-order valence-electron chi connectivity index (χ0n) is 10.6. The molecule has 0 saturated carbocycles. The first-order valence-electron chi connectivity index (χ1n) is 6.37. The van der Waals surface area contributed by atoms with Crippen molar-refractivity contribution >= 4 is 23.0 Å². The molecular weight excluding hydrogens is 240 g/mol. The Morgan fingerprint density at radius 2 is 2.05 bits per heavy atom. The summed E-state index contributed by atoms with van der Waals surface area (Å²) >= 11 is 0. The number of anilines is 4. The highest BCUT2D eigenvalue weighted by Gasteiger charge is 2.18. The molecule has 3 rings (SSSR count). The molecule has 1 fully saturated rings. The highest BCUT2D eigenvalue weighted by molar-refractivity contribution is 5.78. The van der Waals surface area contributed by atoms with Crippen LogP contribution in [0.5, 0.6) is 0 Å². The van der Waals surface area contributed by atoms with Crippen LogP contribution in [0.1, 0.15) is 12.8 Å². The lowest BCUT2D eigenvalue weighted by molar-refractivity contribution is 0.931. The van der Waals surface area contributed by atoms with Crippen LogP contribution in [-0.4, -0.2) is 28.0 Å². The largest absolute Gasteiger partial charge is 0.393 e. The number of nitrogen functional groups attached to an aromatic ring is 1. The molecule has 2 aromatic rings. The lowest BCUT2D eigenvalue weighted by Gasteiger charge is -2.19. The topological polar surface area (TPSA) is 80.0 Å². The average Bonchev–Trinajstić information content (AvgIpc) is 2.96. The quantitative estimate of drug-likeness (QED) is 0.871. The van der Waals surface area contributed by atoms with E-state index in [9.17, 15) is 0 Å². The second-order valence-electron chi connectivity index (χ2n) is 4.52. The third-order valence-corrected chi connectivity index (χ3v) is 3.19. The molecular formula is C13H16N6. The summed E-state index contributed by atoms with van der Waals surface area (Å²) in [4.78, 5) is 14.8. The second kappa shape index (κ2) is 5.09. The van der Waals surface area contributed by atoms with E-state index in [2.05, 4.69) is 25.2 Å². The van der Waals surface area contributed by atoms with E-state index >= 15 is 0 Å². The van der Waals surface area contributed by atoms with Gasteiger partial charge in [-0.3, -0.25) is 4.98 Å². The van der Waals surface area contributed by atoms with Crippen LogP contribution in [0.3, 0.4) is 0 Å². The molecule has 0 radical (unpaired) electrons. The van der Waals surface area contributed by atoms with Gasteiger partial charge >= 0.3 is 0 Å². The summed E-state index contributed by atoms with van der Waals surface area (Å²) in [5.41, 5.74) is 7.61. The molecule has 6 heteroatoms. The monoisotopic (exact) mass is 256 g/mol. The Kier molecular flexibility index (Phi) is 3.14. The molecule has 0 amide bonds. The van der Waals surface area contributed by atoms with Crippen LogP contribution >= 0.6 is 0 Å². The van der Waals surface area contributed by atoms with Gasteiger partial charge in [-0.15, -0.1) is 0 Å². The molecule has 3 N–H and O–H groups in total. The van der Waals surface area contributed by atoms with Crippen molar-refractivity contribution in [2.24, 2.45) is 0 Å². The van der Waals surface area contributed by atoms with E-state index in [4.69, 9.17) is 5.73 Å². The average molecular weight is 256 g/mol. The summed E-state index contributed by atoms with van der Waals surface area (Å²) in [6.45, 7) is 2.01. The van der Waals surface area contributed by atoms with Gasteiger partial charge in [0.05, 0.1) is 11.9 Å². The SMILES string of the molecule is Nc1c(Nc2cccnc2)ncnc1N1CCCC1. The normalized spacial score (nSPS) is 14.6. The first-order chi connectivity index (χ1) is 9.34. The number of nitrogens with two attached hydrogens (primary N) is 1. The van der Waals surface area contributed by atoms with E-state index in [-0.39, 0.29) is 0 Å². The van der Waals surface area contributed by atoms with Crippen LogP contribution in [0.25, 0.3) is 0 Å². The summed E-state index contributed by atoms with van der Waals surface area (Å²) in [5.74, 6) is 1.45. The molecule has 19 heavy (non-hydrogen) atoms. The molecule has 1 saturated heterocycles. The van der Waals surface area contributed by atoms with Gasteiger partial charge in [0.2, 0.25) is 0 Å². The van der Waals surface area contributed by atoms with Crippen LogP contribution in [-0.2, 0) is 0 Å². The molecule has 0 aliphatic carbocycles. The highest BCUT2D eigenvalue weighted by Crippen LogP contribution is 2.29. The molecule has 3 heterocycles. The highest BCUT2D eigenvalue weighted by atomic mass is 15.2. The maximum absolute atomic E-state index is 6.16. The smallest absolute Gasteiger partial charge is 0.159 e. The van der Waals surface area contributed by atoms with E-state index in [0.29, 0.717) is 11.5 Å². The predicted molar refractivity (Wildman–Crippen MR) is 75.4 cm³/mol. The molecule has 0 atom stereocenters. The van der Waals surface area contributed by atoms with E-state index in [1.54, 1.807) is 18.7 Å². The van der Waals surface area contributed by atoms with Gasteiger partial charge in [0.1, 0.15) is 12.0 Å². The summed E-state index contributed by atoms with van der Waals surface area (Å²) in [6, 6.07) is 3.78. The number of rotatable bonds is 3. The van der Waals surface area contributed by atoms with Gasteiger partial charge in [0, 0.05) is 19.3 Å². The van der Waals surface area contributed by atoms with E-state index in [1.807, 2.05) is 12.1 Å². The fourth-order valence-corrected chi connectivity index (χ4v) is 2.24. The molecule has 0 aromatic carbocycles. The molecule has 1 aliphatic heterocycles. The van der Waals surface area contributed by atoms with Crippen molar-refractivity contribution in [2.75, 3.05) is 29.0 Å².